The Balaban J connectivity index is 3.07. The van der Waals surface area contributed by atoms with Crippen molar-refractivity contribution < 1.29 is 13.9 Å². The van der Waals surface area contributed by atoms with Crippen molar-refractivity contribution in [2.24, 2.45) is 0 Å². The second-order valence-electron chi connectivity index (χ2n) is 2.76. The van der Waals surface area contributed by atoms with Crippen LogP contribution in [0.5, 0.6) is 11.5 Å². The molecule has 0 fully saturated rings. The number of rotatable bonds is 3. The number of ether oxygens (including phenoxy) is 2. The first-order valence-electron chi connectivity index (χ1n) is 4.04. The van der Waals surface area contributed by atoms with Crippen LogP contribution >= 0.6 is 0 Å². The Morgan fingerprint density at radius 1 is 1.08 bits per heavy atom. The van der Waals surface area contributed by atoms with Crippen LogP contribution in [-0.2, 0) is 0 Å². The van der Waals surface area contributed by atoms with E-state index in [0.717, 1.165) is 0 Å². The lowest BCUT2D eigenvalue weighted by atomic mass is 10.1. The first-order valence-corrected chi connectivity index (χ1v) is 4.04. The predicted octanol–water partition coefficient (Wildman–Crippen LogP) is 2.73. The third-order valence-electron chi connectivity index (χ3n) is 1.83. The maximum Gasteiger partial charge on any atom is 0.123 e. The van der Waals surface area contributed by atoms with Crippen LogP contribution < -0.4 is 9.47 Å². The van der Waals surface area contributed by atoms with Gasteiger partial charge in [0.2, 0.25) is 0 Å². The summed E-state index contributed by atoms with van der Waals surface area (Å²) in [6.45, 7) is 1.48. The molecule has 1 rings (SSSR count). The van der Waals surface area contributed by atoms with Crippen molar-refractivity contribution >= 4 is 0 Å². The zero-order valence-corrected chi connectivity index (χ0v) is 8.00. The lowest BCUT2D eigenvalue weighted by Crippen LogP contribution is -1.91. The van der Waals surface area contributed by atoms with Crippen LogP contribution in [0, 0.1) is 0 Å². The molecule has 0 saturated carbocycles. The Kier molecular flexibility index (Phi) is 3.12. The summed E-state index contributed by atoms with van der Waals surface area (Å²) in [5, 5.41) is 0. The van der Waals surface area contributed by atoms with E-state index in [2.05, 4.69) is 0 Å². The lowest BCUT2D eigenvalue weighted by molar-refractivity contribution is 0.362. The number of methoxy groups -OCH3 is 2. The SMILES string of the molecule is COc1cc(OC)cc(C(C)F)c1. The quantitative estimate of drug-likeness (QED) is 0.719. The highest BCUT2D eigenvalue weighted by molar-refractivity contribution is 5.39. The van der Waals surface area contributed by atoms with Crippen LogP contribution in [0.1, 0.15) is 18.7 Å². The summed E-state index contributed by atoms with van der Waals surface area (Å²) in [5.74, 6) is 1.22. The third-order valence-corrected chi connectivity index (χ3v) is 1.83. The van der Waals surface area contributed by atoms with Gasteiger partial charge in [-0.25, -0.2) is 4.39 Å². The zero-order chi connectivity index (χ0) is 9.84. The molecule has 0 aliphatic heterocycles. The van der Waals surface area contributed by atoms with Gasteiger partial charge in [0, 0.05) is 6.07 Å². The molecule has 0 heterocycles. The summed E-state index contributed by atoms with van der Waals surface area (Å²) in [4.78, 5) is 0. The monoisotopic (exact) mass is 184 g/mol. The van der Waals surface area contributed by atoms with Crippen molar-refractivity contribution in [2.45, 2.75) is 13.1 Å². The summed E-state index contributed by atoms with van der Waals surface area (Å²) >= 11 is 0. The van der Waals surface area contributed by atoms with E-state index in [1.54, 1.807) is 32.4 Å². The summed E-state index contributed by atoms with van der Waals surface area (Å²) in [7, 11) is 3.09. The number of halogens is 1. The maximum absolute atomic E-state index is 13.0. The molecule has 2 nitrogen and oxygen atoms in total. The molecule has 0 N–H and O–H groups in total. The van der Waals surface area contributed by atoms with Crippen molar-refractivity contribution in [3.05, 3.63) is 23.8 Å². The van der Waals surface area contributed by atoms with Gasteiger partial charge >= 0.3 is 0 Å². The molecule has 0 spiro atoms. The smallest absolute Gasteiger partial charge is 0.123 e. The molecule has 13 heavy (non-hydrogen) atoms. The van der Waals surface area contributed by atoms with E-state index in [0.29, 0.717) is 17.1 Å². The Labute approximate surface area is 77.3 Å². The minimum absolute atomic E-state index is 0.566. The summed E-state index contributed by atoms with van der Waals surface area (Å²) < 4.78 is 23.0. The van der Waals surface area contributed by atoms with E-state index in [-0.39, 0.29) is 0 Å². The molecule has 3 heteroatoms. The third kappa shape index (κ3) is 2.34. The molecule has 0 aliphatic carbocycles. The Bertz CT molecular complexity index is 262. The van der Waals surface area contributed by atoms with Gasteiger partial charge in [0.05, 0.1) is 14.2 Å². The van der Waals surface area contributed by atoms with Gasteiger partial charge in [-0.3, -0.25) is 0 Å². The van der Waals surface area contributed by atoms with Gasteiger partial charge in [-0.2, -0.15) is 0 Å². The molecule has 0 amide bonds. The summed E-state index contributed by atoms with van der Waals surface area (Å²) in [6, 6.07) is 5.03. The Morgan fingerprint density at radius 2 is 1.54 bits per heavy atom. The number of alkyl halides is 1. The van der Waals surface area contributed by atoms with Crippen LogP contribution in [0.25, 0.3) is 0 Å². The van der Waals surface area contributed by atoms with E-state index >= 15 is 0 Å². The highest BCUT2D eigenvalue weighted by Gasteiger charge is 2.06. The summed E-state index contributed by atoms with van der Waals surface area (Å²) in [5.41, 5.74) is 0.566. The van der Waals surface area contributed by atoms with Crippen LogP contribution in [0.3, 0.4) is 0 Å². The fourth-order valence-electron chi connectivity index (χ4n) is 1.06. The van der Waals surface area contributed by atoms with E-state index in [9.17, 15) is 4.39 Å². The number of benzene rings is 1. The molecular formula is C10H13FO2. The normalized spacial score (nSPS) is 12.3. The van der Waals surface area contributed by atoms with Crippen LogP contribution in [-0.4, -0.2) is 14.2 Å². The van der Waals surface area contributed by atoms with Gasteiger partial charge in [-0.05, 0) is 24.6 Å². The molecule has 72 valence electrons. The van der Waals surface area contributed by atoms with Crippen molar-refractivity contribution in [2.75, 3.05) is 14.2 Å². The molecular weight excluding hydrogens is 171 g/mol. The molecule has 0 aromatic heterocycles. The Morgan fingerprint density at radius 3 is 1.85 bits per heavy atom. The highest BCUT2D eigenvalue weighted by atomic mass is 19.1. The molecule has 0 radical (unpaired) electrons. The first-order chi connectivity index (χ1) is 6.17. The van der Waals surface area contributed by atoms with Gasteiger partial charge in [0.1, 0.15) is 17.7 Å². The number of hydrogen-bond donors (Lipinski definition) is 0. The molecule has 0 saturated heterocycles. The second-order valence-corrected chi connectivity index (χ2v) is 2.76. The molecule has 0 bridgehead atoms. The molecule has 1 atom stereocenters. The zero-order valence-electron chi connectivity index (χ0n) is 8.00. The average molecular weight is 184 g/mol. The first kappa shape index (κ1) is 9.84. The Hall–Kier alpha value is -1.25. The molecule has 1 aromatic carbocycles. The minimum atomic E-state index is -1.01. The van der Waals surface area contributed by atoms with Gasteiger partial charge in [-0.15, -0.1) is 0 Å². The second kappa shape index (κ2) is 4.12. The lowest BCUT2D eigenvalue weighted by Gasteiger charge is -2.08. The van der Waals surface area contributed by atoms with E-state index in [1.165, 1.54) is 6.92 Å². The highest BCUT2D eigenvalue weighted by Crippen LogP contribution is 2.27. The van der Waals surface area contributed by atoms with Gasteiger partial charge in [-0.1, -0.05) is 0 Å². The molecule has 1 aromatic rings. The van der Waals surface area contributed by atoms with Crippen molar-refractivity contribution in [1.29, 1.82) is 0 Å². The van der Waals surface area contributed by atoms with Crippen molar-refractivity contribution in [1.82, 2.24) is 0 Å². The van der Waals surface area contributed by atoms with Crippen molar-refractivity contribution in [3.63, 3.8) is 0 Å². The predicted molar refractivity (Wildman–Crippen MR) is 49.1 cm³/mol. The van der Waals surface area contributed by atoms with Gasteiger partial charge < -0.3 is 9.47 Å². The summed E-state index contributed by atoms with van der Waals surface area (Å²) in [6.07, 6.45) is -1.01. The number of hydrogen-bond acceptors (Lipinski definition) is 2. The van der Waals surface area contributed by atoms with E-state index < -0.39 is 6.17 Å². The van der Waals surface area contributed by atoms with E-state index in [1.807, 2.05) is 0 Å². The van der Waals surface area contributed by atoms with Crippen LogP contribution in [0.15, 0.2) is 18.2 Å². The van der Waals surface area contributed by atoms with Gasteiger partial charge in [0.15, 0.2) is 0 Å². The van der Waals surface area contributed by atoms with Crippen LogP contribution in [0.4, 0.5) is 4.39 Å². The molecule has 0 aliphatic rings. The van der Waals surface area contributed by atoms with Crippen LogP contribution in [0.2, 0.25) is 0 Å². The average Bonchev–Trinajstić information content (AvgIpc) is 2.16. The largest absolute Gasteiger partial charge is 0.497 e. The maximum atomic E-state index is 13.0. The minimum Gasteiger partial charge on any atom is -0.497 e. The van der Waals surface area contributed by atoms with Gasteiger partial charge in [0.25, 0.3) is 0 Å². The van der Waals surface area contributed by atoms with E-state index in [4.69, 9.17) is 9.47 Å². The van der Waals surface area contributed by atoms with Crippen molar-refractivity contribution in [3.8, 4) is 11.5 Å². The fraction of sp³-hybridized carbons (Fsp3) is 0.400. The standard InChI is InChI=1S/C10H13FO2/c1-7(11)8-4-9(12-2)6-10(5-8)13-3/h4-7H,1-3H3. The topological polar surface area (TPSA) is 18.5 Å². The molecule has 1 unspecified atom stereocenters. The fourth-order valence-corrected chi connectivity index (χ4v) is 1.06.